The summed E-state index contributed by atoms with van der Waals surface area (Å²) in [7, 11) is 1.83. The first-order valence-corrected chi connectivity index (χ1v) is 5.05. The summed E-state index contributed by atoms with van der Waals surface area (Å²) in [5.41, 5.74) is 1.11. The average molecular weight is 189 g/mol. The number of nitrogens with zero attached hydrogens (tertiary/aromatic N) is 1. The highest BCUT2D eigenvalue weighted by Crippen LogP contribution is 2.25. The number of rotatable bonds is 1. The summed E-state index contributed by atoms with van der Waals surface area (Å²) in [5, 5.41) is 1.31. The molecule has 1 aromatic heterocycles. The van der Waals surface area contributed by atoms with Crippen LogP contribution in [0.5, 0.6) is 0 Å². The molecule has 0 aliphatic heterocycles. The van der Waals surface area contributed by atoms with Gasteiger partial charge in [0.25, 0.3) is 0 Å². The van der Waals surface area contributed by atoms with Crippen LogP contribution in [-0.2, 0) is 0 Å². The van der Waals surface area contributed by atoms with Crippen molar-refractivity contribution in [3.8, 4) is 0 Å². The Morgan fingerprint density at radius 2 is 2.08 bits per heavy atom. The normalized spacial score (nSPS) is 12.3. The Labute approximate surface area is 81.7 Å². The summed E-state index contributed by atoms with van der Waals surface area (Å²) < 4.78 is 1.33. The van der Waals surface area contributed by atoms with Crippen molar-refractivity contribution in [1.29, 1.82) is 0 Å². The van der Waals surface area contributed by atoms with Crippen LogP contribution in [-0.4, -0.2) is 12.8 Å². The predicted molar refractivity (Wildman–Crippen MR) is 60.0 cm³/mol. The fraction of sp³-hybridized carbons (Fsp3) is 0.182. The highest BCUT2D eigenvalue weighted by Gasteiger charge is 2.02. The Hall–Kier alpha value is -1.15. The van der Waals surface area contributed by atoms with Crippen molar-refractivity contribution < 1.29 is 0 Å². The zero-order valence-electron chi connectivity index (χ0n) is 7.74. The second kappa shape index (κ2) is 3.30. The van der Waals surface area contributed by atoms with E-state index < -0.39 is 0 Å². The molecule has 13 heavy (non-hydrogen) atoms. The largest absolute Gasteiger partial charge is 0.292 e. The molecule has 1 aromatic carbocycles. The van der Waals surface area contributed by atoms with E-state index in [0.29, 0.717) is 0 Å². The number of hydrogen-bond acceptors (Lipinski definition) is 2. The van der Waals surface area contributed by atoms with Crippen molar-refractivity contribution >= 4 is 27.1 Å². The summed E-state index contributed by atoms with van der Waals surface area (Å²) in [6, 6.07) is 10.6. The van der Waals surface area contributed by atoms with E-state index >= 15 is 0 Å². The number of benzene rings is 1. The van der Waals surface area contributed by atoms with Crippen LogP contribution in [0.4, 0.5) is 0 Å². The van der Waals surface area contributed by atoms with E-state index in [0.717, 1.165) is 5.71 Å². The summed E-state index contributed by atoms with van der Waals surface area (Å²) in [6.45, 7) is 2.05. The zero-order valence-corrected chi connectivity index (χ0v) is 8.56. The molecular formula is C11H11NS. The van der Waals surface area contributed by atoms with E-state index in [2.05, 4.69) is 35.3 Å². The third-order valence-electron chi connectivity index (χ3n) is 2.12. The van der Waals surface area contributed by atoms with Gasteiger partial charge >= 0.3 is 0 Å². The molecule has 66 valence electrons. The minimum atomic E-state index is 1.11. The number of hydrogen-bond donors (Lipinski definition) is 0. The molecule has 0 radical (unpaired) electrons. The van der Waals surface area contributed by atoms with Gasteiger partial charge in [-0.05, 0) is 24.4 Å². The number of aliphatic imine (C=N–C) groups is 1. The summed E-state index contributed by atoms with van der Waals surface area (Å²) >= 11 is 1.80. The molecule has 0 spiro atoms. The van der Waals surface area contributed by atoms with Gasteiger partial charge in [0.15, 0.2) is 0 Å². The molecule has 0 aliphatic carbocycles. The molecule has 0 atom stereocenters. The van der Waals surface area contributed by atoms with Gasteiger partial charge in [-0.15, -0.1) is 11.3 Å². The van der Waals surface area contributed by atoms with Gasteiger partial charge in [0.2, 0.25) is 0 Å². The number of fused-ring (bicyclic) bond motifs is 1. The monoisotopic (exact) mass is 189 g/mol. The van der Waals surface area contributed by atoms with Crippen LogP contribution in [0.3, 0.4) is 0 Å². The zero-order chi connectivity index (χ0) is 9.26. The topological polar surface area (TPSA) is 12.4 Å². The summed E-state index contributed by atoms with van der Waals surface area (Å²) in [5.74, 6) is 0. The molecule has 2 heteroatoms. The van der Waals surface area contributed by atoms with E-state index in [-0.39, 0.29) is 0 Å². The summed E-state index contributed by atoms with van der Waals surface area (Å²) in [6.07, 6.45) is 0. The van der Waals surface area contributed by atoms with Crippen LogP contribution in [0, 0.1) is 0 Å². The van der Waals surface area contributed by atoms with Gasteiger partial charge < -0.3 is 0 Å². The maximum absolute atomic E-state index is 4.18. The van der Waals surface area contributed by atoms with Crippen LogP contribution in [0.2, 0.25) is 0 Å². The molecule has 0 saturated carbocycles. The standard InChI is InChI=1S/C11H11NS/c1-8(12-2)11-7-9-5-3-4-6-10(9)13-11/h3-7H,1-2H3/b12-8-. The molecule has 0 fully saturated rings. The quantitative estimate of drug-likeness (QED) is 0.610. The Bertz CT molecular complexity index is 421. The first kappa shape index (κ1) is 8.45. The smallest absolute Gasteiger partial charge is 0.0490 e. The first-order chi connectivity index (χ1) is 6.31. The molecule has 0 aliphatic rings. The molecule has 1 heterocycles. The maximum Gasteiger partial charge on any atom is 0.0490 e. The predicted octanol–water partition coefficient (Wildman–Crippen LogP) is 3.34. The highest BCUT2D eigenvalue weighted by atomic mass is 32.1. The average Bonchev–Trinajstić information content (AvgIpc) is 2.59. The van der Waals surface area contributed by atoms with Crippen molar-refractivity contribution in [2.45, 2.75) is 6.92 Å². The van der Waals surface area contributed by atoms with Crippen LogP contribution in [0.1, 0.15) is 11.8 Å². The van der Waals surface area contributed by atoms with Crippen molar-refractivity contribution in [3.63, 3.8) is 0 Å². The first-order valence-electron chi connectivity index (χ1n) is 4.23. The van der Waals surface area contributed by atoms with Crippen molar-refractivity contribution in [3.05, 3.63) is 35.2 Å². The van der Waals surface area contributed by atoms with Crippen molar-refractivity contribution in [1.82, 2.24) is 0 Å². The van der Waals surface area contributed by atoms with Gasteiger partial charge in [-0.2, -0.15) is 0 Å². The Kier molecular flexibility index (Phi) is 2.15. The van der Waals surface area contributed by atoms with E-state index in [1.807, 2.05) is 14.0 Å². The third-order valence-corrected chi connectivity index (χ3v) is 3.34. The second-order valence-corrected chi connectivity index (χ2v) is 4.04. The SMILES string of the molecule is C/N=C(/C)c1cc2ccccc2s1. The van der Waals surface area contributed by atoms with Crippen LogP contribution < -0.4 is 0 Å². The lowest BCUT2D eigenvalue weighted by atomic mass is 10.2. The van der Waals surface area contributed by atoms with Gasteiger partial charge in [-0.25, -0.2) is 0 Å². The van der Waals surface area contributed by atoms with Gasteiger partial charge in [0, 0.05) is 22.3 Å². The minimum Gasteiger partial charge on any atom is -0.292 e. The second-order valence-electron chi connectivity index (χ2n) is 2.96. The molecule has 0 unspecified atom stereocenters. The van der Waals surface area contributed by atoms with E-state index in [9.17, 15) is 0 Å². The van der Waals surface area contributed by atoms with Gasteiger partial charge in [-0.3, -0.25) is 4.99 Å². The Morgan fingerprint density at radius 3 is 2.77 bits per heavy atom. The lowest BCUT2D eigenvalue weighted by Gasteiger charge is -1.89. The van der Waals surface area contributed by atoms with Crippen molar-refractivity contribution in [2.24, 2.45) is 4.99 Å². The van der Waals surface area contributed by atoms with E-state index in [1.54, 1.807) is 11.3 Å². The van der Waals surface area contributed by atoms with Crippen LogP contribution in [0.15, 0.2) is 35.3 Å². The molecule has 2 rings (SSSR count). The minimum absolute atomic E-state index is 1.11. The van der Waals surface area contributed by atoms with E-state index in [4.69, 9.17) is 0 Å². The van der Waals surface area contributed by atoms with Crippen LogP contribution >= 0.6 is 11.3 Å². The third kappa shape index (κ3) is 1.49. The fourth-order valence-electron chi connectivity index (χ4n) is 1.27. The van der Waals surface area contributed by atoms with Gasteiger partial charge in [-0.1, -0.05) is 18.2 Å². The highest BCUT2D eigenvalue weighted by molar-refractivity contribution is 7.20. The molecular weight excluding hydrogens is 178 g/mol. The number of thiophene rings is 1. The molecule has 0 N–H and O–H groups in total. The van der Waals surface area contributed by atoms with Crippen molar-refractivity contribution in [2.75, 3.05) is 7.05 Å². The van der Waals surface area contributed by atoms with Gasteiger partial charge in [0.05, 0.1) is 0 Å². The maximum atomic E-state index is 4.18. The molecule has 0 bridgehead atoms. The lowest BCUT2D eigenvalue weighted by Crippen LogP contribution is -1.87. The van der Waals surface area contributed by atoms with Gasteiger partial charge in [0.1, 0.15) is 0 Å². The molecule has 1 nitrogen and oxygen atoms in total. The van der Waals surface area contributed by atoms with E-state index in [1.165, 1.54) is 15.0 Å². The Balaban J connectivity index is 2.62. The molecule has 2 aromatic rings. The molecule has 0 saturated heterocycles. The summed E-state index contributed by atoms with van der Waals surface area (Å²) in [4.78, 5) is 5.45. The fourth-order valence-corrected chi connectivity index (χ4v) is 2.32. The van der Waals surface area contributed by atoms with Crippen LogP contribution in [0.25, 0.3) is 10.1 Å². The Morgan fingerprint density at radius 1 is 1.31 bits per heavy atom. The lowest BCUT2D eigenvalue weighted by molar-refractivity contribution is 1.43. The molecule has 0 amide bonds.